The van der Waals surface area contributed by atoms with Crippen molar-refractivity contribution in [2.75, 3.05) is 11.9 Å². The topological polar surface area (TPSA) is 34.1 Å². The number of pyridine rings is 1. The molecule has 106 valence electrons. The van der Waals surface area contributed by atoms with Crippen molar-refractivity contribution in [2.45, 2.75) is 33.2 Å². The van der Waals surface area contributed by atoms with Crippen LogP contribution in [0.3, 0.4) is 0 Å². The van der Waals surface area contributed by atoms with Crippen molar-refractivity contribution in [3.8, 4) is 5.75 Å². The predicted octanol–water partition coefficient (Wildman–Crippen LogP) is 4.35. The molecule has 1 atom stereocenters. The Bertz CT molecular complexity index is 554. The third kappa shape index (κ3) is 3.50. The average Bonchev–Trinajstić information content (AvgIpc) is 2.46. The third-order valence-electron chi connectivity index (χ3n) is 3.24. The summed E-state index contributed by atoms with van der Waals surface area (Å²) in [6, 6.07) is 12.4. The Morgan fingerprint density at radius 3 is 2.75 bits per heavy atom. The van der Waals surface area contributed by atoms with E-state index in [-0.39, 0.29) is 6.04 Å². The van der Waals surface area contributed by atoms with Crippen LogP contribution in [0.15, 0.2) is 42.6 Å². The lowest BCUT2D eigenvalue weighted by atomic mass is 10.0. The summed E-state index contributed by atoms with van der Waals surface area (Å²) < 4.78 is 5.73. The molecule has 0 aliphatic rings. The summed E-state index contributed by atoms with van der Waals surface area (Å²) >= 11 is 0. The zero-order valence-corrected chi connectivity index (χ0v) is 12.4. The van der Waals surface area contributed by atoms with Crippen LogP contribution in [0.5, 0.6) is 5.75 Å². The fourth-order valence-corrected chi connectivity index (χ4v) is 2.18. The summed E-state index contributed by atoms with van der Waals surface area (Å²) in [5, 5.41) is 3.44. The molecule has 0 saturated carbocycles. The third-order valence-corrected chi connectivity index (χ3v) is 3.24. The number of aromatic nitrogens is 1. The van der Waals surface area contributed by atoms with E-state index in [0.717, 1.165) is 18.0 Å². The van der Waals surface area contributed by atoms with Gasteiger partial charge in [0.25, 0.3) is 0 Å². The van der Waals surface area contributed by atoms with Gasteiger partial charge in [-0.1, -0.05) is 31.2 Å². The van der Waals surface area contributed by atoms with Gasteiger partial charge < -0.3 is 10.1 Å². The highest BCUT2D eigenvalue weighted by Crippen LogP contribution is 2.27. The largest absolute Gasteiger partial charge is 0.490 e. The van der Waals surface area contributed by atoms with E-state index in [9.17, 15) is 0 Å². The molecule has 1 aromatic heterocycles. The van der Waals surface area contributed by atoms with E-state index in [2.05, 4.69) is 55.3 Å². The van der Waals surface area contributed by atoms with Crippen LogP contribution < -0.4 is 10.1 Å². The van der Waals surface area contributed by atoms with Gasteiger partial charge in [0.15, 0.2) is 11.6 Å². The van der Waals surface area contributed by atoms with Crippen molar-refractivity contribution < 1.29 is 4.74 Å². The van der Waals surface area contributed by atoms with Crippen LogP contribution in [0, 0.1) is 6.92 Å². The molecular formula is C17H22N2O. The minimum atomic E-state index is 0.190. The fraction of sp³-hybridized carbons (Fsp3) is 0.353. The number of nitrogens with zero attached hydrogens (tertiary/aromatic N) is 1. The second-order valence-corrected chi connectivity index (χ2v) is 4.92. The highest BCUT2D eigenvalue weighted by Gasteiger charge is 2.11. The van der Waals surface area contributed by atoms with Gasteiger partial charge in [-0.15, -0.1) is 0 Å². The van der Waals surface area contributed by atoms with Crippen LogP contribution in [0.2, 0.25) is 0 Å². The lowest BCUT2D eigenvalue weighted by Gasteiger charge is -2.19. The van der Waals surface area contributed by atoms with Crippen molar-refractivity contribution in [3.05, 3.63) is 53.7 Å². The molecule has 3 nitrogen and oxygen atoms in total. The van der Waals surface area contributed by atoms with Gasteiger partial charge in [0.1, 0.15) is 0 Å². The van der Waals surface area contributed by atoms with E-state index in [1.807, 2.05) is 12.1 Å². The van der Waals surface area contributed by atoms with E-state index in [0.29, 0.717) is 6.61 Å². The fourth-order valence-electron chi connectivity index (χ4n) is 2.18. The van der Waals surface area contributed by atoms with Gasteiger partial charge in [0.2, 0.25) is 0 Å². The maximum atomic E-state index is 5.73. The normalized spacial score (nSPS) is 11.9. The zero-order chi connectivity index (χ0) is 14.4. The lowest BCUT2D eigenvalue weighted by Crippen LogP contribution is -2.11. The Hall–Kier alpha value is -2.03. The monoisotopic (exact) mass is 270 g/mol. The van der Waals surface area contributed by atoms with Crippen molar-refractivity contribution in [1.29, 1.82) is 0 Å². The average molecular weight is 270 g/mol. The molecule has 2 rings (SSSR count). The molecule has 2 aromatic rings. The Balaban J connectivity index is 2.15. The van der Waals surface area contributed by atoms with Gasteiger partial charge in [-0.05, 0) is 43.5 Å². The summed E-state index contributed by atoms with van der Waals surface area (Å²) in [4.78, 5) is 4.39. The highest BCUT2D eigenvalue weighted by atomic mass is 16.5. The van der Waals surface area contributed by atoms with Gasteiger partial charge in [0.05, 0.1) is 12.6 Å². The van der Waals surface area contributed by atoms with Crippen molar-refractivity contribution in [2.24, 2.45) is 0 Å². The Kier molecular flexibility index (Phi) is 4.99. The van der Waals surface area contributed by atoms with Gasteiger partial charge in [0, 0.05) is 6.20 Å². The molecule has 0 aliphatic heterocycles. The number of benzene rings is 1. The first-order valence-corrected chi connectivity index (χ1v) is 7.12. The minimum Gasteiger partial charge on any atom is -0.490 e. The highest BCUT2D eigenvalue weighted by molar-refractivity contribution is 5.51. The predicted molar refractivity (Wildman–Crippen MR) is 83.2 cm³/mol. The second kappa shape index (κ2) is 6.94. The Morgan fingerprint density at radius 1 is 1.20 bits per heavy atom. The molecule has 0 aliphatic carbocycles. The molecule has 0 radical (unpaired) electrons. The molecule has 0 saturated heterocycles. The van der Waals surface area contributed by atoms with Gasteiger partial charge in [-0.2, -0.15) is 0 Å². The summed E-state index contributed by atoms with van der Waals surface area (Å²) in [6.07, 6.45) is 2.77. The molecule has 1 N–H and O–H groups in total. The van der Waals surface area contributed by atoms with E-state index >= 15 is 0 Å². The number of hydrogen-bond acceptors (Lipinski definition) is 3. The van der Waals surface area contributed by atoms with Crippen molar-refractivity contribution in [1.82, 2.24) is 4.98 Å². The summed E-state index contributed by atoms with van der Waals surface area (Å²) in [5.74, 6) is 1.62. The maximum Gasteiger partial charge on any atom is 0.169 e. The summed E-state index contributed by atoms with van der Waals surface area (Å²) in [6.45, 7) is 7.07. The quantitative estimate of drug-likeness (QED) is 0.847. The molecule has 0 fully saturated rings. The molecule has 0 spiro atoms. The second-order valence-electron chi connectivity index (χ2n) is 4.92. The van der Waals surface area contributed by atoms with E-state index < -0.39 is 0 Å². The number of rotatable bonds is 6. The maximum absolute atomic E-state index is 5.73. The number of ether oxygens (including phenoxy) is 1. The molecular weight excluding hydrogens is 248 g/mol. The summed E-state index contributed by atoms with van der Waals surface area (Å²) in [7, 11) is 0. The van der Waals surface area contributed by atoms with Gasteiger partial charge in [-0.25, -0.2) is 4.98 Å². The molecule has 20 heavy (non-hydrogen) atoms. The smallest absolute Gasteiger partial charge is 0.169 e. The van der Waals surface area contributed by atoms with Crippen LogP contribution >= 0.6 is 0 Å². The van der Waals surface area contributed by atoms with Crippen molar-refractivity contribution >= 4 is 5.82 Å². The Morgan fingerprint density at radius 2 is 2.00 bits per heavy atom. The molecule has 1 unspecified atom stereocenters. The van der Waals surface area contributed by atoms with E-state index in [1.54, 1.807) is 6.20 Å². The first-order valence-electron chi connectivity index (χ1n) is 7.12. The molecule has 3 heteroatoms. The number of nitrogens with one attached hydrogen (secondary N) is 1. The Labute approximate surface area is 121 Å². The first kappa shape index (κ1) is 14.4. The van der Waals surface area contributed by atoms with Crippen LogP contribution in [-0.4, -0.2) is 11.6 Å². The molecule has 1 aromatic carbocycles. The van der Waals surface area contributed by atoms with Crippen LogP contribution in [0.1, 0.15) is 37.4 Å². The number of anilines is 1. The molecule has 0 amide bonds. The summed E-state index contributed by atoms with van der Waals surface area (Å²) in [5.41, 5.74) is 2.55. The first-order chi connectivity index (χ1) is 9.72. The van der Waals surface area contributed by atoms with Gasteiger partial charge in [-0.3, -0.25) is 0 Å². The van der Waals surface area contributed by atoms with Crippen molar-refractivity contribution in [3.63, 3.8) is 0 Å². The van der Waals surface area contributed by atoms with Crippen LogP contribution in [0.4, 0.5) is 5.82 Å². The standard InChI is InChI=1S/C17H22N2O/c1-4-12-20-16-10-7-11-18-17(16)19-14(3)15-9-6-5-8-13(15)2/h5-11,14H,4,12H2,1-3H3,(H,18,19). The SMILES string of the molecule is CCCOc1cccnc1NC(C)c1ccccc1C. The molecule has 1 heterocycles. The minimum absolute atomic E-state index is 0.190. The number of hydrogen-bond donors (Lipinski definition) is 1. The molecule has 0 bridgehead atoms. The van der Waals surface area contributed by atoms with E-state index in [1.165, 1.54) is 11.1 Å². The van der Waals surface area contributed by atoms with Crippen LogP contribution in [-0.2, 0) is 0 Å². The van der Waals surface area contributed by atoms with Crippen LogP contribution in [0.25, 0.3) is 0 Å². The number of aryl methyl sites for hydroxylation is 1. The lowest BCUT2D eigenvalue weighted by molar-refractivity contribution is 0.317. The zero-order valence-electron chi connectivity index (χ0n) is 12.4. The van der Waals surface area contributed by atoms with E-state index in [4.69, 9.17) is 4.74 Å². The van der Waals surface area contributed by atoms with Gasteiger partial charge >= 0.3 is 0 Å².